The van der Waals surface area contributed by atoms with Crippen molar-refractivity contribution in [3.05, 3.63) is 11.6 Å². The summed E-state index contributed by atoms with van der Waals surface area (Å²) < 4.78 is 22.9. The number of rotatable bonds is 5. The molecule has 0 radical (unpaired) electrons. The molecule has 2 aliphatic heterocycles. The van der Waals surface area contributed by atoms with Gasteiger partial charge < -0.3 is 44.5 Å². The molecule has 39 heavy (non-hydrogen) atoms. The molecule has 2 bridgehead atoms. The van der Waals surface area contributed by atoms with Crippen LogP contribution in [0.5, 0.6) is 0 Å². The number of hydrogen-bond donors (Lipinski definition) is 5. The molecule has 11 heteroatoms. The number of esters is 2. The lowest BCUT2D eigenvalue weighted by molar-refractivity contribution is -0.313. The highest BCUT2D eigenvalue weighted by molar-refractivity contribution is 5.86. The first kappa shape index (κ1) is 27.6. The zero-order chi connectivity index (χ0) is 27.9. The summed E-state index contributed by atoms with van der Waals surface area (Å²) in [6.45, 7) is 2.70. The van der Waals surface area contributed by atoms with Crippen molar-refractivity contribution in [1.82, 2.24) is 0 Å². The van der Waals surface area contributed by atoms with Gasteiger partial charge in [-0.3, -0.25) is 4.79 Å². The summed E-state index contributed by atoms with van der Waals surface area (Å²) >= 11 is 0. The Balaban J connectivity index is 1.29. The van der Waals surface area contributed by atoms with Crippen LogP contribution in [0.2, 0.25) is 0 Å². The fraction of sp³-hybridized carbons (Fsp3) is 0.857. The molecule has 0 aromatic carbocycles. The average molecular weight is 553 g/mol. The van der Waals surface area contributed by atoms with Crippen molar-refractivity contribution in [2.24, 2.45) is 28.6 Å². The Kier molecular flexibility index (Phi) is 6.69. The van der Waals surface area contributed by atoms with Crippen LogP contribution in [0.15, 0.2) is 11.6 Å². The summed E-state index contributed by atoms with van der Waals surface area (Å²) in [7, 11) is 0. The smallest absolute Gasteiger partial charge is 0.331 e. The molecule has 5 N–H and O–H groups in total. The number of fused-ring (bicyclic) bond motifs is 5. The molecule has 1 spiro atoms. The van der Waals surface area contributed by atoms with E-state index in [-0.39, 0.29) is 41.8 Å². The summed E-state index contributed by atoms with van der Waals surface area (Å²) in [4.78, 5) is 24.5. The Labute approximate surface area is 227 Å². The maximum absolute atomic E-state index is 12.4. The second-order valence-electron chi connectivity index (χ2n) is 13.0. The Morgan fingerprint density at radius 2 is 1.87 bits per heavy atom. The number of ether oxygens (including phenoxy) is 4. The van der Waals surface area contributed by atoms with Gasteiger partial charge in [0.1, 0.15) is 42.2 Å². The fourth-order valence-corrected chi connectivity index (χ4v) is 9.53. The molecule has 0 unspecified atom stereocenters. The summed E-state index contributed by atoms with van der Waals surface area (Å²) in [5.41, 5.74) is -1.12. The predicted octanol–water partition coefficient (Wildman–Crippen LogP) is -0.0561. The third-order valence-electron chi connectivity index (χ3n) is 11.2. The largest absolute Gasteiger partial charge is 0.459 e. The molecule has 6 rings (SSSR count). The van der Waals surface area contributed by atoms with Gasteiger partial charge in [-0.05, 0) is 73.7 Å². The second kappa shape index (κ2) is 9.47. The second-order valence-corrected chi connectivity index (χ2v) is 13.0. The first-order valence-corrected chi connectivity index (χ1v) is 14.2. The highest BCUT2D eigenvalue weighted by Crippen LogP contribution is 2.72. The van der Waals surface area contributed by atoms with Gasteiger partial charge in [-0.1, -0.05) is 6.92 Å². The van der Waals surface area contributed by atoms with Crippen molar-refractivity contribution in [2.45, 2.75) is 107 Å². The minimum atomic E-state index is -1.60. The Hall–Kier alpha value is -1.60. The molecule has 1 saturated heterocycles. The van der Waals surface area contributed by atoms with Crippen LogP contribution < -0.4 is 0 Å². The van der Waals surface area contributed by atoms with Gasteiger partial charge in [0, 0.05) is 18.4 Å². The molecule has 0 aromatic heterocycles. The van der Waals surface area contributed by atoms with Crippen LogP contribution in [-0.4, -0.2) is 99.2 Å². The van der Waals surface area contributed by atoms with E-state index < -0.39 is 60.4 Å². The first-order valence-electron chi connectivity index (χ1n) is 14.2. The quantitative estimate of drug-likeness (QED) is 0.289. The lowest BCUT2D eigenvalue weighted by Gasteiger charge is -2.61. The number of aliphatic hydroxyl groups excluding tert-OH is 4. The SMILES string of the molecule is CC(=O)O[C@H]1[C@](O)(CO[C@@H]2O[C@H](CO)[C@@H](O)[C@H](O)[C@H]2O)[C@@H]2CC[C@H]3[C@]4(C)CC[C@H]5OC(=O)C=C5[C@H]4CC[C@@]31C2. The third kappa shape index (κ3) is 3.95. The summed E-state index contributed by atoms with van der Waals surface area (Å²) in [5, 5.41) is 52.5. The van der Waals surface area contributed by atoms with Crippen molar-refractivity contribution >= 4 is 11.9 Å². The molecule has 0 aromatic rings. The normalized spacial score (nSPS) is 52.3. The van der Waals surface area contributed by atoms with Crippen molar-refractivity contribution in [2.75, 3.05) is 13.2 Å². The maximum atomic E-state index is 12.4. The van der Waals surface area contributed by atoms with Crippen molar-refractivity contribution in [1.29, 1.82) is 0 Å². The molecule has 11 nitrogen and oxygen atoms in total. The molecule has 6 aliphatic rings. The van der Waals surface area contributed by atoms with Gasteiger partial charge in [-0.2, -0.15) is 0 Å². The van der Waals surface area contributed by atoms with Crippen molar-refractivity contribution in [3.63, 3.8) is 0 Å². The average Bonchev–Trinajstić information content (AvgIpc) is 3.35. The van der Waals surface area contributed by atoms with Gasteiger partial charge in [-0.15, -0.1) is 0 Å². The van der Waals surface area contributed by atoms with Gasteiger partial charge in [-0.25, -0.2) is 4.79 Å². The highest BCUT2D eigenvalue weighted by atomic mass is 16.7. The molecule has 0 amide bonds. The predicted molar refractivity (Wildman–Crippen MR) is 132 cm³/mol. The minimum absolute atomic E-state index is 0.142. The van der Waals surface area contributed by atoms with E-state index in [9.17, 15) is 35.1 Å². The Bertz CT molecular complexity index is 1040. The molecule has 2 heterocycles. The summed E-state index contributed by atoms with van der Waals surface area (Å²) in [6.07, 6.45) is -1.27. The minimum Gasteiger partial charge on any atom is -0.459 e. The molecule has 13 atom stereocenters. The standard InChI is InChI=1S/C28H40O11/c1-13(30)37-25-27-8-5-16-15-9-20(31)38-17(15)6-7-26(16,2)19(27)4-3-14(10-27)28(25,35)12-36-24-23(34)22(33)21(32)18(11-29)39-24/h9,14,16-19,21-25,29,32-35H,3-8,10-12H2,1-2H3/t14-,16-,17-,18-,19+,21-,22+,23-,24-,25-,26-,27-,28+/m1/s1. The molecular formula is C28H40O11. The third-order valence-corrected chi connectivity index (χ3v) is 11.2. The van der Waals surface area contributed by atoms with Crippen LogP contribution in [0.4, 0.5) is 0 Å². The van der Waals surface area contributed by atoms with E-state index in [1.54, 1.807) is 6.08 Å². The number of aliphatic hydroxyl groups is 5. The Morgan fingerprint density at radius 3 is 2.59 bits per heavy atom. The van der Waals surface area contributed by atoms with E-state index in [2.05, 4.69) is 6.92 Å². The van der Waals surface area contributed by atoms with Crippen LogP contribution in [0.1, 0.15) is 58.8 Å². The van der Waals surface area contributed by atoms with Gasteiger partial charge in [0.05, 0.1) is 13.2 Å². The first-order chi connectivity index (χ1) is 18.4. The highest BCUT2D eigenvalue weighted by Gasteiger charge is 2.73. The fourth-order valence-electron chi connectivity index (χ4n) is 9.53. The lowest BCUT2D eigenvalue weighted by Crippen LogP contribution is -2.61. The molecule has 218 valence electrons. The number of hydrogen-bond acceptors (Lipinski definition) is 11. The Morgan fingerprint density at radius 1 is 1.10 bits per heavy atom. The maximum Gasteiger partial charge on any atom is 0.331 e. The molecular weight excluding hydrogens is 512 g/mol. The monoisotopic (exact) mass is 552 g/mol. The van der Waals surface area contributed by atoms with E-state index in [0.717, 1.165) is 31.3 Å². The van der Waals surface area contributed by atoms with Crippen molar-refractivity contribution < 1.29 is 54.1 Å². The van der Waals surface area contributed by atoms with E-state index >= 15 is 0 Å². The molecule has 5 fully saturated rings. The topological polar surface area (TPSA) is 172 Å². The van der Waals surface area contributed by atoms with Gasteiger partial charge >= 0.3 is 11.9 Å². The van der Waals surface area contributed by atoms with E-state index in [1.165, 1.54) is 6.92 Å². The zero-order valence-corrected chi connectivity index (χ0v) is 22.4. The zero-order valence-electron chi connectivity index (χ0n) is 22.4. The van der Waals surface area contributed by atoms with Crippen LogP contribution >= 0.6 is 0 Å². The van der Waals surface area contributed by atoms with E-state index in [1.807, 2.05) is 0 Å². The number of carbonyl (C=O) groups excluding carboxylic acids is 2. The van der Waals surface area contributed by atoms with Crippen LogP contribution in [0.3, 0.4) is 0 Å². The van der Waals surface area contributed by atoms with Gasteiger partial charge in [0.2, 0.25) is 0 Å². The van der Waals surface area contributed by atoms with Crippen LogP contribution in [-0.2, 0) is 28.5 Å². The van der Waals surface area contributed by atoms with Gasteiger partial charge in [0.25, 0.3) is 0 Å². The summed E-state index contributed by atoms with van der Waals surface area (Å²) in [6, 6.07) is 0. The van der Waals surface area contributed by atoms with E-state index in [0.29, 0.717) is 19.3 Å². The van der Waals surface area contributed by atoms with Crippen LogP contribution in [0.25, 0.3) is 0 Å². The summed E-state index contributed by atoms with van der Waals surface area (Å²) in [5.74, 6) is -0.674. The molecule has 4 aliphatic carbocycles. The van der Waals surface area contributed by atoms with Crippen molar-refractivity contribution in [3.8, 4) is 0 Å². The van der Waals surface area contributed by atoms with Crippen LogP contribution in [0, 0.1) is 28.6 Å². The van der Waals surface area contributed by atoms with E-state index in [4.69, 9.17) is 18.9 Å². The van der Waals surface area contributed by atoms with Gasteiger partial charge in [0.15, 0.2) is 6.29 Å². The number of carbonyl (C=O) groups is 2. The lowest BCUT2D eigenvalue weighted by atomic mass is 9.44. The molecule has 4 saturated carbocycles.